The summed E-state index contributed by atoms with van der Waals surface area (Å²) in [5.41, 5.74) is -0.393. The van der Waals surface area contributed by atoms with Crippen molar-refractivity contribution in [3.05, 3.63) is 40.7 Å². The molecule has 1 rings (SSSR count). The molecule has 0 fully saturated rings. The van der Waals surface area contributed by atoms with Crippen LogP contribution in [0, 0.1) is 5.39 Å². The van der Waals surface area contributed by atoms with Gasteiger partial charge in [0.05, 0.1) is 11.1 Å². The first-order chi connectivity index (χ1) is 7.71. The number of aliphatic hydroxyl groups is 1. The van der Waals surface area contributed by atoms with Gasteiger partial charge in [0.1, 0.15) is 0 Å². The minimum absolute atomic E-state index is 0.175. The molecule has 0 saturated heterocycles. The molecule has 91 valence electrons. The van der Waals surface area contributed by atoms with Gasteiger partial charge in [-0.05, 0) is 39.3 Å². The molecule has 0 spiro atoms. The molecule has 0 bridgehead atoms. The Balaban J connectivity index is 3.01. The second-order valence-corrected chi connectivity index (χ2v) is 5.11. The maximum absolute atomic E-state index is 12.0. The molecule has 5 nitrogen and oxygen atoms in total. The van der Waals surface area contributed by atoms with Gasteiger partial charge in [-0.1, -0.05) is 12.2 Å². The molecule has 1 N–H and O–H groups in total. The summed E-state index contributed by atoms with van der Waals surface area (Å²) < 4.78 is 0. The van der Waals surface area contributed by atoms with Crippen molar-refractivity contribution >= 4 is 0 Å². The zero-order valence-corrected chi connectivity index (χ0v) is 10.5. The Kier molecular flexibility index (Phi) is 3.41. The number of aliphatic hydroxyl groups excluding tert-OH is 1. The van der Waals surface area contributed by atoms with Crippen LogP contribution in [-0.2, 0) is 5.21 Å². The summed E-state index contributed by atoms with van der Waals surface area (Å²) in [6.07, 6.45) is 5.82. The lowest BCUT2D eigenvalue weighted by atomic mass is 9.96. The Labute approximate surface area is 101 Å². The third-order valence-electron chi connectivity index (χ3n) is 2.87. The molecular weight excluding hydrogens is 218 g/mol. The molecule has 0 unspecified atom stereocenters. The summed E-state index contributed by atoms with van der Waals surface area (Å²) in [4.78, 5) is 2.71. The topological polar surface area (TPSA) is 71.5 Å². The van der Waals surface area contributed by atoms with Crippen LogP contribution in [0.15, 0.2) is 35.8 Å². The van der Waals surface area contributed by atoms with Crippen molar-refractivity contribution < 1.29 is 10.3 Å². The maximum Gasteiger partial charge on any atom is 0.391 e. The van der Waals surface area contributed by atoms with E-state index < -0.39 is 11.1 Å². The zero-order valence-electron chi connectivity index (χ0n) is 10.5. The molecule has 17 heavy (non-hydrogen) atoms. The molecule has 1 heterocycles. The fraction of sp³-hybridized carbons (Fsp3) is 0.500. The summed E-state index contributed by atoms with van der Waals surface area (Å²) in [6.45, 7) is 7.31. The van der Waals surface area contributed by atoms with E-state index in [4.69, 9.17) is 5.39 Å². The first kappa shape index (κ1) is 13.4. The van der Waals surface area contributed by atoms with Crippen molar-refractivity contribution in [3.8, 4) is 0 Å². The van der Waals surface area contributed by atoms with Crippen LogP contribution in [0.5, 0.6) is 0 Å². The first-order valence-electron chi connectivity index (χ1n) is 5.34. The summed E-state index contributed by atoms with van der Waals surface area (Å²) in [5.74, 6) is -0.175. The second kappa shape index (κ2) is 4.32. The highest BCUT2D eigenvalue weighted by molar-refractivity contribution is 5.39. The first-order valence-corrected chi connectivity index (χ1v) is 5.34. The molecule has 1 aliphatic heterocycles. The molecule has 0 aromatic heterocycles. The molecule has 0 aliphatic carbocycles. The van der Waals surface area contributed by atoms with E-state index >= 15 is 0 Å². The van der Waals surface area contributed by atoms with E-state index in [-0.39, 0.29) is 5.76 Å². The van der Waals surface area contributed by atoms with Gasteiger partial charge in [0.25, 0.3) is 0 Å². The molecule has 0 saturated carbocycles. The number of hydrogen-bond acceptors (Lipinski definition) is 3. The van der Waals surface area contributed by atoms with Crippen LogP contribution in [0.2, 0.25) is 0 Å². The molecule has 1 aliphatic rings. The zero-order chi connectivity index (χ0) is 13.3. The van der Waals surface area contributed by atoms with Gasteiger partial charge in [-0.25, -0.2) is 0 Å². The molecule has 0 amide bonds. The summed E-state index contributed by atoms with van der Waals surface area (Å²) in [7, 11) is 0. The van der Waals surface area contributed by atoms with Gasteiger partial charge in [-0.15, -0.1) is 10.3 Å². The molecule has 5 heteroatoms. The van der Waals surface area contributed by atoms with Crippen molar-refractivity contribution in [2.75, 3.05) is 0 Å². The van der Waals surface area contributed by atoms with Gasteiger partial charge in [-0.2, -0.15) is 0 Å². The van der Waals surface area contributed by atoms with Gasteiger partial charge in [-0.3, -0.25) is 0 Å². The van der Waals surface area contributed by atoms with E-state index in [1.54, 1.807) is 6.08 Å². The normalized spacial score (nSPS) is 23.8. The SMILES string of the molecule is CC1(C)C=C(/C=C\C(O)=C/[N+]#N)C(C)(C)N1[O]. The average molecular weight is 235 g/mol. The monoisotopic (exact) mass is 235 g/mol. The van der Waals surface area contributed by atoms with Gasteiger partial charge in [0, 0.05) is 0 Å². The summed E-state index contributed by atoms with van der Waals surface area (Å²) in [6, 6.07) is 0. The maximum atomic E-state index is 12.0. The lowest BCUT2D eigenvalue weighted by Crippen LogP contribution is -2.46. The van der Waals surface area contributed by atoms with Gasteiger partial charge in [0.2, 0.25) is 11.2 Å². The highest BCUT2D eigenvalue weighted by Gasteiger charge is 2.45. The fourth-order valence-electron chi connectivity index (χ4n) is 1.98. The minimum Gasteiger partial charge on any atom is -0.502 e. The van der Waals surface area contributed by atoms with Gasteiger partial charge >= 0.3 is 6.20 Å². The molecule has 0 aromatic carbocycles. The van der Waals surface area contributed by atoms with E-state index in [1.165, 1.54) is 6.08 Å². The quantitative estimate of drug-likeness (QED) is 0.454. The Morgan fingerprint density at radius 1 is 1.47 bits per heavy atom. The summed E-state index contributed by atoms with van der Waals surface area (Å²) >= 11 is 0. The number of nitrogens with zero attached hydrogens (tertiary/aromatic N) is 3. The number of allylic oxidation sites excluding steroid dienone is 1. The number of diazo groups is 1. The molecule has 0 atom stereocenters. The molecule has 0 aromatic rings. The van der Waals surface area contributed by atoms with Crippen molar-refractivity contribution in [1.29, 1.82) is 5.39 Å². The van der Waals surface area contributed by atoms with E-state index in [0.29, 0.717) is 0 Å². The van der Waals surface area contributed by atoms with Crippen LogP contribution in [0.4, 0.5) is 0 Å². The number of hydrogen-bond donors (Lipinski definition) is 1. The van der Waals surface area contributed by atoms with Crippen molar-refractivity contribution in [3.63, 3.8) is 0 Å². The summed E-state index contributed by atoms with van der Waals surface area (Å²) in [5, 5.41) is 30.6. The van der Waals surface area contributed by atoms with E-state index in [1.807, 2.05) is 33.8 Å². The molecular formula is C12H17N3O2+. The van der Waals surface area contributed by atoms with Crippen molar-refractivity contribution in [2.24, 2.45) is 0 Å². The largest absolute Gasteiger partial charge is 0.502 e. The Morgan fingerprint density at radius 2 is 2.06 bits per heavy atom. The van der Waals surface area contributed by atoms with Crippen molar-refractivity contribution in [2.45, 2.75) is 38.8 Å². The smallest absolute Gasteiger partial charge is 0.391 e. The van der Waals surface area contributed by atoms with Crippen LogP contribution in [-0.4, -0.2) is 21.2 Å². The van der Waals surface area contributed by atoms with E-state index in [9.17, 15) is 10.3 Å². The van der Waals surface area contributed by atoms with Crippen molar-refractivity contribution in [1.82, 2.24) is 5.06 Å². The third kappa shape index (κ3) is 2.54. The third-order valence-corrected chi connectivity index (χ3v) is 2.87. The lowest BCUT2D eigenvalue weighted by molar-refractivity contribution is -0.238. The average Bonchev–Trinajstić information content (AvgIpc) is 2.37. The Bertz CT molecular complexity index is 439. The standard InChI is InChI=1S/C12H16N3O2/c1-11(2)7-9(12(3,4)15(11)17)5-6-10(16)8-14-13/h5-8H,1-4H3/p+1/b6-5-,10-8+. The van der Waals surface area contributed by atoms with Crippen LogP contribution in [0.25, 0.3) is 4.98 Å². The fourth-order valence-corrected chi connectivity index (χ4v) is 1.98. The Hall–Kier alpha value is -1.64. The van der Waals surface area contributed by atoms with Crippen LogP contribution < -0.4 is 0 Å². The van der Waals surface area contributed by atoms with Crippen LogP contribution in [0.1, 0.15) is 27.7 Å². The predicted molar refractivity (Wildman–Crippen MR) is 63.7 cm³/mol. The van der Waals surface area contributed by atoms with E-state index in [0.717, 1.165) is 16.8 Å². The lowest BCUT2D eigenvalue weighted by Gasteiger charge is -2.33. The van der Waals surface area contributed by atoms with Gasteiger partial charge < -0.3 is 5.11 Å². The van der Waals surface area contributed by atoms with Crippen LogP contribution >= 0.6 is 0 Å². The van der Waals surface area contributed by atoms with Crippen LogP contribution in [0.3, 0.4) is 0 Å². The predicted octanol–water partition coefficient (Wildman–Crippen LogP) is 2.94. The molecule has 1 radical (unpaired) electrons. The number of hydroxylamine groups is 2. The Morgan fingerprint density at radius 3 is 2.47 bits per heavy atom. The minimum atomic E-state index is -0.642. The highest BCUT2D eigenvalue weighted by Crippen LogP contribution is 2.39. The second-order valence-electron chi connectivity index (χ2n) is 5.11. The highest BCUT2D eigenvalue weighted by atomic mass is 16.5. The van der Waals surface area contributed by atoms with E-state index in [2.05, 4.69) is 4.98 Å². The number of rotatable bonds is 2. The van der Waals surface area contributed by atoms with Gasteiger partial charge in [0.15, 0.2) is 4.98 Å².